The molecule has 0 amide bonds. The van der Waals surface area contributed by atoms with Gasteiger partial charge in [0.15, 0.2) is 5.78 Å². The fourth-order valence-electron chi connectivity index (χ4n) is 3.92. The summed E-state index contributed by atoms with van der Waals surface area (Å²) in [6, 6.07) is 18.6. The molecule has 1 N–H and O–H groups in total. The van der Waals surface area contributed by atoms with Crippen molar-refractivity contribution in [2.45, 2.75) is 32.6 Å². The first kappa shape index (κ1) is 18.3. The van der Waals surface area contributed by atoms with Crippen LogP contribution in [0.3, 0.4) is 0 Å². The Morgan fingerprint density at radius 1 is 0.857 bits per heavy atom. The van der Waals surface area contributed by atoms with Crippen LogP contribution in [0.25, 0.3) is 27.5 Å². The Labute approximate surface area is 165 Å². The molecule has 4 rings (SSSR count). The Morgan fingerprint density at radius 3 is 2.07 bits per heavy atom. The van der Waals surface area contributed by atoms with E-state index in [-0.39, 0.29) is 11.5 Å². The van der Waals surface area contributed by atoms with E-state index in [0.29, 0.717) is 24.3 Å². The maximum absolute atomic E-state index is 12.1. The van der Waals surface area contributed by atoms with Crippen molar-refractivity contribution in [3.63, 3.8) is 0 Å². The number of carbonyl (C=O) groups is 1. The van der Waals surface area contributed by atoms with Gasteiger partial charge in [-0.05, 0) is 63.2 Å². The Morgan fingerprint density at radius 2 is 1.46 bits per heavy atom. The lowest BCUT2D eigenvalue weighted by Crippen LogP contribution is -1.96. The number of carbonyl (C=O) groups excluding carboxylic acids is 1. The van der Waals surface area contributed by atoms with Crippen molar-refractivity contribution < 1.29 is 14.6 Å². The number of Topliss-reactive ketones (excluding diaryl/α,β-unsaturated/α-hetero) is 1. The zero-order valence-corrected chi connectivity index (χ0v) is 16.5. The number of benzene rings is 3. The van der Waals surface area contributed by atoms with E-state index < -0.39 is 0 Å². The largest absolute Gasteiger partial charge is 0.512 e. The van der Waals surface area contributed by atoms with Crippen molar-refractivity contribution in [1.29, 1.82) is 0 Å². The summed E-state index contributed by atoms with van der Waals surface area (Å²) in [6.45, 7) is 4.33. The summed E-state index contributed by atoms with van der Waals surface area (Å²) >= 11 is 0. The molecule has 3 aromatic carbocycles. The molecule has 0 atom stereocenters. The first-order chi connectivity index (χ1) is 13.5. The van der Waals surface area contributed by atoms with E-state index in [1.165, 1.54) is 5.56 Å². The second-order valence-corrected chi connectivity index (χ2v) is 7.63. The summed E-state index contributed by atoms with van der Waals surface area (Å²) < 4.78 is 5.49. The summed E-state index contributed by atoms with van der Waals surface area (Å²) in [7, 11) is 1.71. The van der Waals surface area contributed by atoms with Gasteiger partial charge in [-0.1, -0.05) is 44.2 Å². The van der Waals surface area contributed by atoms with Crippen molar-refractivity contribution >= 4 is 22.1 Å². The third-order valence-electron chi connectivity index (χ3n) is 5.47. The van der Waals surface area contributed by atoms with Crippen LogP contribution in [0.1, 0.15) is 43.7 Å². The molecule has 0 saturated heterocycles. The number of methoxy groups -OCH3 is 1. The minimum absolute atomic E-state index is 0.0212. The van der Waals surface area contributed by atoms with E-state index in [1.807, 2.05) is 24.3 Å². The molecule has 0 heterocycles. The average molecular weight is 372 g/mol. The highest BCUT2D eigenvalue weighted by molar-refractivity contribution is 6.23. The minimum atomic E-state index is 0.0212. The van der Waals surface area contributed by atoms with Gasteiger partial charge in [-0.25, -0.2) is 0 Å². The van der Waals surface area contributed by atoms with E-state index in [4.69, 9.17) is 4.74 Å². The second kappa shape index (κ2) is 7.16. The van der Waals surface area contributed by atoms with E-state index >= 15 is 0 Å². The first-order valence-electron chi connectivity index (χ1n) is 9.65. The third-order valence-corrected chi connectivity index (χ3v) is 5.47. The van der Waals surface area contributed by atoms with Gasteiger partial charge < -0.3 is 9.84 Å². The van der Waals surface area contributed by atoms with Crippen LogP contribution >= 0.6 is 0 Å². The fraction of sp³-hybridized carbons (Fsp3) is 0.240. The monoisotopic (exact) mass is 372 g/mol. The number of fused-ring (bicyclic) bond motifs is 1. The van der Waals surface area contributed by atoms with Gasteiger partial charge in [0, 0.05) is 12.8 Å². The van der Waals surface area contributed by atoms with Gasteiger partial charge in [0.2, 0.25) is 0 Å². The lowest BCUT2D eigenvalue weighted by Gasteiger charge is -2.14. The molecular weight excluding hydrogens is 348 g/mol. The van der Waals surface area contributed by atoms with E-state index in [0.717, 1.165) is 33.2 Å². The number of ketones is 1. The van der Waals surface area contributed by atoms with Gasteiger partial charge in [0.1, 0.15) is 11.5 Å². The molecule has 0 aliphatic heterocycles. The zero-order chi connectivity index (χ0) is 19.8. The van der Waals surface area contributed by atoms with E-state index in [2.05, 4.69) is 44.2 Å². The van der Waals surface area contributed by atoms with Gasteiger partial charge >= 0.3 is 0 Å². The predicted octanol–water partition coefficient (Wildman–Crippen LogP) is 6.27. The van der Waals surface area contributed by atoms with Crippen LogP contribution in [-0.2, 0) is 4.79 Å². The number of ether oxygens (including phenoxy) is 1. The molecule has 0 unspecified atom stereocenters. The number of rotatable bonds is 4. The number of hydrogen-bond donors (Lipinski definition) is 1. The van der Waals surface area contributed by atoms with Gasteiger partial charge in [0.25, 0.3) is 0 Å². The van der Waals surface area contributed by atoms with Gasteiger partial charge in [-0.2, -0.15) is 0 Å². The number of allylic oxidation sites excluding steroid dienone is 2. The molecule has 0 bridgehead atoms. The van der Waals surface area contributed by atoms with Crippen LogP contribution in [0.5, 0.6) is 5.75 Å². The van der Waals surface area contributed by atoms with Crippen molar-refractivity contribution in [3.05, 3.63) is 71.5 Å². The summed E-state index contributed by atoms with van der Waals surface area (Å²) in [6.07, 6.45) is 0.842. The first-order valence-corrected chi connectivity index (χ1v) is 9.65. The highest BCUT2D eigenvalue weighted by atomic mass is 16.5. The summed E-state index contributed by atoms with van der Waals surface area (Å²) in [4.78, 5) is 12.1. The van der Waals surface area contributed by atoms with Crippen LogP contribution in [0.15, 0.2) is 60.4 Å². The van der Waals surface area contributed by atoms with Crippen LogP contribution in [-0.4, -0.2) is 18.0 Å². The lowest BCUT2D eigenvalue weighted by molar-refractivity contribution is -0.113. The molecule has 3 aromatic rings. The maximum Gasteiger partial charge on any atom is 0.167 e. The number of hydrogen-bond acceptors (Lipinski definition) is 3. The molecule has 28 heavy (non-hydrogen) atoms. The van der Waals surface area contributed by atoms with Crippen LogP contribution in [0.2, 0.25) is 0 Å². The number of aliphatic hydroxyl groups is 1. The van der Waals surface area contributed by atoms with Gasteiger partial charge in [-0.3, -0.25) is 4.79 Å². The molecule has 1 aliphatic rings. The standard InChI is InChI=1S/C25H24O3/c1-15(2)21-14-19(8-11-24(21)28-3)17-4-5-18-13-20(7-6-16(18)12-17)25-22(26)9-10-23(25)27/h4-8,11-15,26H,9-10H2,1-3H3. The highest BCUT2D eigenvalue weighted by Gasteiger charge is 2.24. The second-order valence-electron chi connectivity index (χ2n) is 7.63. The molecule has 1 aliphatic carbocycles. The fourth-order valence-corrected chi connectivity index (χ4v) is 3.92. The molecule has 0 saturated carbocycles. The Balaban J connectivity index is 1.75. The minimum Gasteiger partial charge on any atom is -0.512 e. The van der Waals surface area contributed by atoms with Gasteiger partial charge in [-0.15, -0.1) is 0 Å². The Kier molecular flexibility index (Phi) is 4.68. The molecular formula is C25H24O3. The van der Waals surface area contributed by atoms with Crippen LogP contribution in [0, 0.1) is 0 Å². The SMILES string of the molecule is COc1ccc(-c2ccc3cc(C4=C(O)CCC4=O)ccc3c2)cc1C(C)C. The lowest BCUT2D eigenvalue weighted by atomic mass is 9.94. The molecule has 0 fully saturated rings. The topological polar surface area (TPSA) is 46.5 Å². The van der Waals surface area contributed by atoms with Crippen molar-refractivity contribution in [2.75, 3.05) is 7.11 Å². The third kappa shape index (κ3) is 3.18. The molecule has 0 aromatic heterocycles. The maximum atomic E-state index is 12.1. The average Bonchev–Trinajstić information content (AvgIpc) is 3.04. The predicted molar refractivity (Wildman–Crippen MR) is 114 cm³/mol. The van der Waals surface area contributed by atoms with Gasteiger partial charge in [0.05, 0.1) is 12.7 Å². The van der Waals surface area contributed by atoms with Crippen molar-refractivity contribution in [3.8, 4) is 16.9 Å². The number of aliphatic hydroxyl groups excluding tert-OH is 1. The van der Waals surface area contributed by atoms with E-state index in [9.17, 15) is 9.90 Å². The smallest absolute Gasteiger partial charge is 0.167 e. The normalized spacial score (nSPS) is 14.4. The Hall–Kier alpha value is -3.07. The molecule has 3 nitrogen and oxygen atoms in total. The van der Waals surface area contributed by atoms with Crippen molar-refractivity contribution in [1.82, 2.24) is 0 Å². The highest BCUT2D eigenvalue weighted by Crippen LogP contribution is 2.34. The Bertz CT molecular complexity index is 1110. The van der Waals surface area contributed by atoms with Crippen LogP contribution < -0.4 is 4.74 Å². The van der Waals surface area contributed by atoms with Crippen molar-refractivity contribution in [2.24, 2.45) is 0 Å². The molecule has 3 heteroatoms. The summed E-state index contributed by atoms with van der Waals surface area (Å²) in [5, 5.41) is 12.2. The molecule has 0 spiro atoms. The zero-order valence-electron chi connectivity index (χ0n) is 16.5. The summed E-state index contributed by atoms with van der Waals surface area (Å²) in [5.41, 5.74) is 4.76. The molecule has 0 radical (unpaired) electrons. The van der Waals surface area contributed by atoms with Crippen LogP contribution in [0.4, 0.5) is 0 Å². The quantitative estimate of drug-likeness (QED) is 0.587. The molecule has 142 valence electrons. The van der Waals surface area contributed by atoms with E-state index in [1.54, 1.807) is 7.11 Å². The summed E-state index contributed by atoms with van der Waals surface area (Å²) in [5.74, 6) is 1.52.